The number of hydrogen-bond acceptors (Lipinski definition) is 1. The van der Waals surface area contributed by atoms with Crippen molar-refractivity contribution in [3.63, 3.8) is 0 Å². The SMILES string of the molecule is CC[C@H](C)[C@@H](c1ccccc1)N(C)C. The van der Waals surface area contributed by atoms with Gasteiger partial charge in [-0.2, -0.15) is 0 Å². The minimum atomic E-state index is 0.543. The summed E-state index contributed by atoms with van der Waals surface area (Å²) in [6.45, 7) is 4.57. The van der Waals surface area contributed by atoms with Crippen molar-refractivity contribution in [1.29, 1.82) is 0 Å². The van der Waals surface area contributed by atoms with E-state index >= 15 is 0 Å². The topological polar surface area (TPSA) is 3.24 Å². The largest absolute Gasteiger partial charge is 0.302 e. The molecule has 1 heteroatoms. The average molecular weight is 191 g/mol. The molecule has 1 aromatic rings. The lowest BCUT2D eigenvalue weighted by Gasteiger charge is -2.30. The van der Waals surface area contributed by atoms with E-state index in [4.69, 9.17) is 0 Å². The molecule has 1 aromatic carbocycles. The van der Waals surface area contributed by atoms with Crippen molar-refractivity contribution in [1.82, 2.24) is 4.90 Å². The number of benzene rings is 1. The van der Waals surface area contributed by atoms with Gasteiger partial charge in [-0.1, -0.05) is 50.6 Å². The second-order valence-corrected chi connectivity index (χ2v) is 4.20. The Bertz CT molecular complexity index is 253. The zero-order chi connectivity index (χ0) is 10.6. The molecule has 0 unspecified atom stereocenters. The van der Waals surface area contributed by atoms with Gasteiger partial charge in [0.1, 0.15) is 0 Å². The van der Waals surface area contributed by atoms with E-state index in [-0.39, 0.29) is 0 Å². The molecular formula is C13H21N. The second kappa shape index (κ2) is 5.16. The van der Waals surface area contributed by atoms with Gasteiger partial charge in [0.15, 0.2) is 0 Å². The lowest BCUT2D eigenvalue weighted by atomic mass is 9.92. The summed E-state index contributed by atoms with van der Waals surface area (Å²) < 4.78 is 0. The summed E-state index contributed by atoms with van der Waals surface area (Å²) >= 11 is 0. The zero-order valence-corrected chi connectivity index (χ0v) is 9.70. The standard InChI is InChI=1S/C13H21N/c1-5-11(2)13(14(3)4)12-9-7-6-8-10-12/h6-11,13H,5H2,1-4H3/t11-,13-/m0/s1. The molecule has 0 N–H and O–H groups in total. The summed E-state index contributed by atoms with van der Waals surface area (Å²) in [4.78, 5) is 2.31. The molecule has 0 amide bonds. The van der Waals surface area contributed by atoms with E-state index in [1.54, 1.807) is 0 Å². The maximum atomic E-state index is 2.32. The number of rotatable bonds is 4. The molecule has 1 rings (SSSR count). The molecule has 0 fully saturated rings. The monoisotopic (exact) mass is 191 g/mol. The van der Waals surface area contributed by atoms with Crippen molar-refractivity contribution in [3.8, 4) is 0 Å². The highest BCUT2D eigenvalue weighted by atomic mass is 15.1. The maximum absolute atomic E-state index is 2.32. The highest BCUT2D eigenvalue weighted by molar-refractivity contribution is 5.19. The van der Waals surface area contributed by atoms with Crippen LogP contribution < -0.4 is 0 Å². The molecule has 0 saturated carbocycles. The quantitative estimate of drug-likeness (QED) is 0.705. The van der Waals surface area contributed by atoms with E-state index in [1.165, 1.54) is 12.0 Å². The van der Waals surface area contributed by atoms with Crippen LogP contribution in [0, 0.1) is 5.92 Å². The van der Waals surface area contributed by atoms with E-state index in [1.807, 2.05) is 0 Å². The molecular weight excluding hydrogens is 170 g/mol. The Morgan fingerprint density at radius 3 is 2.14 bits per heavy atom. The number of nitrogens with zero attached hydrogens (tertiary/aromatic N) is 1. The first-order valence-corrected chi connectivity index (χ1v) is 5.38. The smallest absolute Gasteiger partial charge is 0.0367 e. The second-order valence-electron chi connectivity index (χ2n) is 4.20. The lowest BCUT2D eigenvalue weighted by Crippen LogP contribution is -2.25. The van der Waals surface area contributed by atoms with Gasteiger partial charge in [-0.15, -0.1) is 0 Å². The van der Waals surface area contributed by atoms with Crippen LogP contribution in [0.1, 0.15) is 31.9 Å². The Kier molecular flexibility index (Phi) is 4.15. The van der Waals surface area contributed by atoms with Crippen LogP contribution in [0.25, 0.3) is 0 Å². The molecule has 0 aliphatic carbocycles. The van der Waals surface area contributed by atoms with Crippen LogP contribution >= 0.6 is 0 Å². The summed E-state index contributed by atoms with van der Waals surface area (Å²) in [7, 11) is 4.31. The van der Waals surface area contributed by atoms with Crippen LogP contribution in [0.15, 0.2) is 30.3 Å². The Morgan fingerprint density at radius 2 is 1.71 bits per heavy atom. The predicted octanol–water partition coefficient (Wildman–Crippen LogP) is 3.34. The van der Waals surface area contributed by atoms with Crippen LogP contribution in [0.3, 0.4) is 0 Å². The first kappa shape index (κ1) is 11.3. The van der Waals surface area contributed by atoms with Crippen molar-refractivity contribution in [2.24, 2.45) is 5.92 Å². The Morgan fingerprint density at radius 1 is 1.14 bits per heavy atom. The van der Waals surface area contributed by atoms with Gasteiger partial charge in [0.05, 0.1) is 0 Å². The van der Waals surface area contributed by atoms with Crippen LogP contribution in [0.5, 0.6) is 0 Å². The van der Waals surface area contributed by atoms with Gasteiger partial charge >= 0.3 is 0 Å². The highest BCUT2D eigenvalue weighted by Gasteiger charge is 2.19. The normalized spacial score (nSPS) is 15.5. The van der Waals surface area contributed by atoms with E-state index in [2.05, 4.69) is 63.2 Å². The van der Waals surface area contributed by atoms with Crippen LogP contribution in [0.2, 0.25) is 0 Å². The molecule has 0 aromatic heterocycles. The molecule has 0 spiro atoms. The van der Waals surface area contributed by atoms with Crippen molar-refractivity contribution < 1.29 is 0 Å². The molecule has 1 nitrogen and oxygen atoms in total. The minimum Gasteiger partial charge on any atom is -0.302 e. The molecule has 0 radical (unpaired) electrons. The van der Waals surface area contributed by atoms with Crippen molar-refractivity contribution in [2.45, 2.75) is 26.3 Å². The molecule has 78 valence electrons. The number of hydrogen-bond donors (Lipinski definition) is 0. The fourth-order valence-electron chi connectivity index (χ4n) is 2.01. The Balaban J connectivity index is 2.89. The summed E-state index contributed by atoms with van der Waals surface area (Å²) in [6, 6.07) is 11.3. The van der Waals surface area contributed by atoms with Crippen molar-refractivity contribution >= 4 is 0 Å². The predicted molar refractivity (Wildman–Crippen MR) is 62.3 cm³/mol. The van der Waals surface area contributed by atoms with E-state index in [0.717, 1.165) is 0 Å². The minimum absolute atomic E-state index is 0.543. The van der Waals surface area contributed by atoms with Gasteiger partial charge in [-0.05, 0) is 25.6 Å². The maximum Gasteiger partial charge on any atom is 0.0367 e. The summed E-state index contributed by atoms with van der Waals surface area (Å²) in [5.74, 6) is 0.701. The van der Waals surface area contributed by atoms with Gasteiger partial charge in [-0.25, -0.2) is 0 Å². The van der Waals surface area contributed by atoms with Gasteiger partial charge in [-0.3, -0.25) is 0 Å². The van der Waals surface area contributed by atoms with Crippen LogP contribution in [-0.4, -0.2) is 19.0 Å². The molecule has 14 heavy (non-hydrogen) atoms. The van der Waals surface area contributed by atoms with Gasteiger partial charge < -0.3 is 4.90 Å². The first-order valence-electron chi connectivity index (χ1n) is 5.38. The molecule has 0 heterocycles. The first-order chi connectivity index (χ1) is 6.66. The van der Waals surface area contributed by atoms with Crippen LogP contribution in [-0.2, 0) is 0 Å². The van der Waals surface area contributed by atoms with Crippen molar-refractivity contribution in [3.05, 3.63) is 35.9 Å². The fourth-order valence-corrected chi connectivity index (χ4v) is 2.01. The molecule has 0 aliphatic heterocycles. The van der Waals surface area contributed by atoms with E-state index < -0.39 is 0 Å². The van der Waals surface area contributed by atoms with Gasteiger partial charge in [0.2, 0.25) is 0 Å². The third-order valence-corrected chi connectivity index (χ3v) is 2.88. The van der Waals surface area contributed by atoms with E-state index in [9.17, 15) is 0 Å². The summed E-state index contributed by atoms with van der Waals surface area (Å²) in [5.41, 5.74) is 1.42. The fraction of sp³-hybridized carbons (Fsp3) is 0.538. The Hall–Kier alpha value is -0.820. The molecule has 0 aliphatic rings. The lowest BCUT2D eigenvalue weighted by molar-refractivity contribution is 0.219. The average Bonchev–Trinajstić information content (AvgIpc) is 2.19. The third-order valence-electron chi connectivity index (χ3n) is 2.88. The van der Waals surface area contributed by atoms with Crippen LogP contribution in [0.4, 0.5) is 0 Å². The highest BCUT2D eigenvalue weighted by Crippen LogP contribution is 2.28. The molecule has 0 bridgehead atoms. The molecule has 2 atom stereocenters. The zero-order valence-electron chi connectivity index (χ0n) is 9.70. The summed E-state index contributed by atoms with van der Waals surface area (Å²) in [6.07, 6.45) is 1.22. The van der Waals surface area contributed by atoms with Gasteiger partial charge in [0, 0.05) is 6.04 Å². The van der Waals surface area contributed by atoms with Gasteiger partial charge in [0.25, 0.3) is 0 Å². The third kappa shape index (κ3) is 2.58. The summed E-state index contributed by atoms with van der Waals surface area (Å²) in [5, 5.41) is 0. The van der Waals surface area contributed by atoms with E-state index in [0.29, 0.717) is 12.0 Å². The molecule has 0 saturated heterocycles. The Labute approximate surface area is 87.7 Å². The van der Waals surface area contributed by atoms with Crippen molar-refractivity contribution in [2.75, 3.05) is 14.1 Å².